The van der Waals surface area contributed by atoms with Gasteiger partial charge in [-0.2, -0.15) is 0 Å². The first-order valence-electron chi connectivity index (χ1n) is 9.91. The van der Waals surface area contributed by atoms with Crippen LogP contribution in [0.4, 0.5) is 0 Å². The van der Waals surface area contributed by atoms with Crippen LogP contribution >= 0.6 is 0 Å². The first-order valence-corrected chi connectivity index (χ1v) is 9.91. The number of nitrogens with one attached hydrogen (secondary N) is 1. The summed E-state index contributed by atoms with van der Waals surface area (Å²) in [6.07, 6.45) is 3.91. The van der Waals surface area contributed by atoms with E-state index in [0.717, 1.165) is 37.8 Å². The summed E-state index contributed by atoms with van der Waals surface area (Å²) in [5, 5.41) is 22.5. The van der Waals surface area contributed by atoms with E-state index in [1.165, 1.54) is 27.7 Å². The predicted octanol–water partition coefficient (Wildman–Crippen LogP) is 3.49. The molecule has 0 amide bonds. The molecule has 4 heteroatoms. The van der Waals surface area contributed by atoms with Crippen LogP contribution in [0.3, 0.4) is 0 Å². The summed E-state index contributed by atoms with van der Waals surface area (Å²) in [6, 6.07) is 12.7. The number of hydrogen-bond acceptors (Lipinski definition) is 3. The highest BCUT2D eigenvalue weighted by Gasteiger charge is 2.56. The minimum Gasteiger partial charge on any atom is -0.504 e. The fourth-order valence-electron chi connectivity index (χ4n) is 6.40. The molecule has 3 aliphatic rings. The average Bonchev–Trinajstić information content (AvgIpc) is 3.02. The van der Waals surface area contributed by atoms with Gasteiger partial charge < -0.3 is 20.1 Å². The van der Waals surface area contributed by atoms with Crippen molar-refractivity contribution in [3.63, 3.8) is 0 Å². The zero-order valence-corrected chi connectivity index (χ0v) is 15.5. The van der Waals surface area contributed by atoms with Crippen molar-refractivity contribution in [3.05, 3.63) is 58.8 Å². The summed E-state index contributed by atoms with van der Waals surface area (Å²) in [6.45, 7) is 1.03. The van der Waals surface area contributed by atoms with Gasteiger partial charge in [0.05, 0.1) is 0 Å². The van der Waals surface area contributed by atoms with Crippen LogP contribution in [0.1, 0.15) is 28.8 Å². The number of fused-ring (bicyclic) bond motifs is 4. The van der Waals surface area contributed by atoms with E-state index < -0.39 is 0 Å². The van der Waals surface area contributed by atoms with E-state index in [-0.39, 0.29) is 16.9 Å². The lowest BCUT2D eigenvalue weighted by molar-refractivity contribution is 0.0225. The second kappa shape index (κ2) is 5.08. The molecule has 3 aromatic rings. The number of H-pyrrole nitrogens is 1. The number of aromatic nitrogens is 1. The van der Waals surface area contributed by atoms with E-state index in [0.29, 0.717) is 12.0 Å². The van der Waals surface area contributed by atoms with Crippen LogP contribution in [0, 0.1) is 5.92 Å². The molecule has 2 aromatic carbocycles. The van der Waals surface area contributed by atoms with Gasteiger partial charge in [0, 0.05) is 33.6 Å². The van der Waals surface area contributed by atoms with E-state index in [2.05, 4.69) is 41.2 Å². The van der Waals surface area contributed by atoms with Gasteiger partial charge in [0.25, 0.3) is 0 Å². The average molecular weight is 360 g/mol. The number of rotatable bonds is 0. The highest BCUT2D eigenvalue weighted by atomic mass is 16.3. The van der Waals surface area contributed by atoms with Crippen molar-refractivity contribution in [2.75, 3.05) is 13.6 Å². The molecule has 2 unspecified atom stereocenters. The molecular formula is C23H24N2O2. The Hall–Kier alpha value is -2.46. The van der Waals surface area contributed by atoms with Crippen molar-refractivity contribution in [1.29, 1.82) is 0 Å². The normalized spacial score (nSPS) is 29.2. The fourth-order valence-corrected chi connectivity index (χ4v) is 6.40. The van der Waals surface area contributed by atoms with Crippen molar-refractivity contribution in [1.82, 2.24) is 9.88 Å². The van der Waals surface area contributed by atoms with Crippen LogP contribution in [-0.4, -0.2) is 39.7 Å². The third kappa shape index (κ3) is 1.86. The molecule has 138 valence electrons. The van der Waals surface area contributed by atoms with Crippen LogP contribution in [0.15, 0.2) is 36.4 Å². The lowest BCUT2D eigenvalue weighted by atomic mass is 9.52. The molecule has 1 saturated heterocycles. The van der Waals surface area contributed by atoms with Gasteiger partial charge in [-0.05, 0) is 68.5 Å². The number of para-hydroxylation sites is 1. The Labute approximate surface area is 158 Å². The van der Waals surface area contributed by atoms with Crippen LogP contribution < -0.4 is 0 Å². The minimum absolute atomic E-state index is 0.0155. The SMILES string of the molecule is CN1CC[C@@]23Cc4[nH]c5ccccc5c4CC2C1Cc1ccc(O)c(O)c13. The van der Waals surface area contributed by atoms with Gasteiger partial charge in [0.2, 0.25) is 0 Å². The maximum Gasteiger partial charge on any atom is 0.161 e. The Morgan fingerprint density at radius 1 is 1.11 bits per heavy atom. The zero-order chi connectivity index (χ0) is 18.3. The quantitative estimate of drug-likeness (QED) is 0.538. The van der Waals surface area contributed by atoms with Gasteiger partial charge in [-0.1, -0.05) is 24.3 Å². The molecule has 2 bridgehead atoms. The van der Waals surface area contributed by atoms with E-state index in [1.807, 2.05) is 6.07 Å². The standard InChI is InChI=1S/C23H24N2O2/c1-25-9-8-23-12-18-15(14-4-2-3-5-17(14)24-18)11-16(23)19(25)10-13-6-7-20(26)22(27)21(13)23/h2-7,16,19,24,26-27H,8-12H2,1H3/t16?,19?,23-/m1/s1. The molecule has 0 radical (unpaired) electrons. The molecule has 2 aliphatic carbocycles. The number of piperidine rings is 1. The molecular weight excluding hydrogens is 336 g/mol. The number of likely N-dealkylation sites (tertiary alicyclic amines) is 1. The van der Waals surface area contributed by atoms with Crippen molar-refractivity contribution < 1.29 is 10.2 Å². The Bertz CT molecular complexity index is 1090. The molecule has 2 heterocycles. The Morgan fingerprint density at radius 3 is 2.85 bits per heavy atom. The molecule has 27 heavy (non-hydrogen) atoms. The number of likely N-dealkylation sites (N-methyl/N-ethyl adjacent to an activating group) is 1. The maximum atomic E-state index is 10.9. The Morgan fingerprint density at radius 2 is 1.96 bits per heavy atom. The smallest absolute Gasteiger partial charge is 0.161 e. The lowest BCUT2D eigenvalue weighted by Crippen LogP contribution is -2.61. The second-order valence-corrected chi connectivity index (χ2v) is 8.74. The topological polar surface area (TPSA) is 59.5 Å². The van der Waals surface area contributed by atoms with Crippen molar-refractivity contribution in [3.8, 4) is 11.5 Å². The first kappa shape index (κ1) is 15.6. The number of hydrogen-bond donors (Lipinski definition) is 3. The molecule has 1 aromatic heterocycles. The second-order valence-electron chi connectivity index (χ2n) is 8.74. The van der Waals surface area contributed by atoms with E-state index in [9.17, 15) is 10.2 Å². The predicted molar refractivity (Wildman–Crippen MR) is 105 cm³/mol. The number of nitrogens with zero attached hydrogens (tertiary/aromatic N) is 1. The maximum absolute atomic E-state index is 10.9. The summed E-state index contributed by atoms with van der Waals surface area (Å²) in [5.41, 5.74) is 6.10. The van der Waals surface area contributed by atoms with E-state index >= 15 is 0 Å². The molecule has 1 aliphatic heterocycles. The van der Waals surface area contributed by atoms with Crippen LogP contribution in [0.2, 0.25) is 0 Å². The zero-order valence-electron chi connectivity index (χ0n) is 15.5. The van der Waals surface area contributed by atoms with Crippen molar-refractivity contribution in [2.24, 2.45) is 5.92 Å². The summed E-state index contributed by atoms with van der Waals surface area (Å²) in [7, 11) is 2.24. The third-order valence-electron chi connectivity index (χ3n) is 7.64. The summed E-state index contributed by atoms with van der Waals surface area (Å²) >= 11 is 0. The monoisotopic (exact) mass is 360 g/mol. The van der Waals surface area contributed by atoms with Gasteiger partial charge in [-0.25, -0.2) is 0 Å². The highest BCUT2D eigenvalue weighted by Crippen LogP contribution is 2.58. The number of benzene rings is 2. The first-order chi connectivity index (χ1) is 13.1. The number of phenols is 2. The van der Waals surface area contributed by atoms with Crippen molar-refractivity contribution >= 4 is 10.9 Å². The fraction of sp³-hybridized carbons (Fsp3) is 0.391. The van der Waals surface area contributed by atoms with Crippen molar-refractivity contribution in [2.45, 2.75) is 37.1 Å². The van der Waals surface area contributed by atoms with Gasteiger partial charge in [-0.15, -0.1) is 0 Å². The largest absolute Gasteiger partial charge is 0.504 e. The van der Waals surface area contributed by atoms with Crippen LogP contribution in [0.5, 0.6) is 11.5 Å². The summed E-state index contributed by atoms with van der Waals surface area (Å²) in [4.78, 5) is 6.17. The molecule has 0 saturated carbocycles. The van der Waals surface area contributed by atoms with Gasteiger partial charge >= 0.3 is 0 Å². The van der Waals surface area contributed by atoms with Crippen LogP contribution in [0.25, 0.3) is 10.9 Å². The van der Waals surface area contributed by atoms with Crippen LogP contribution in [-0.2, 0) is 24.7 Å². The van der Waals surface area contributed by atoms with E-state index in [4.69, 9.17) is 0 Å². The minimum atomic E-state index is -0.0958. The Kier molecular flexibility index (Phi) is 2.93. The molecule has 1 fully saturated rings. The number of phenolic OH excluding ortho intramolecular Hbond substituents is 2. The molecule has 3 atom stereocenters. The molecule has 4 nitrogen and oxygen atoms in total. The highest BCUT2D eigenvalue weighted by molar-refractivity contribution is 5.85. The van der Waals surface area contributed by atoms with Gasteiger partial charge in [-0.3, -0.25) is 0 Å². The third-order valence-corrected chi connectivity index (χ3v) is 7.64. The summed E-state index contributed by atoms with van der Waals surface area (Å²) in [5.74, 6) is 0.588. The lowest BCUT2D eigenvalue weighted by Gasteiger charge is -2.58. The Balaban J connectivity index is 1.63. The molecule has 0 spiro atoms. The number of aromatic amines is 1. The van der Waals surface area contributed by atoms with Gasteiger partial charge in [0.15, 0.2) is 11.5 Å². The molecule has 3 N–H and O–H groups in total. The van der Waals surface area contributed by atoms with E-state index in [1.54, 1.807) is 6.07 Å². The summed E-state index contributed by atoms with van der Waals surface area (Å²) < 4.78 is 0. The number of aromatic hydroxyl groups is 2. The molecule has 6 rings (SSSR count). The van der Waals surface area contributed by atoms with Gasteiger partial charge in [0.1, 0.15) is 0 Å².